The molecule has 6 heteroatoms. The molecule has 5 rings (SSSR count). The van der Waals surface area contributed by atoms with Crippen LogP contribution in [0.2, 0.25) is 0 Å². The number of aryl methyl sites for hydroxylation is 1. The molecule has 2 aromatic carbocycles. The number of Topliss-reactive ketones (excluding diaryl/α,β-unsaturated/α-hetero) is 1. The Morgan fingerprint density at radius 1 is 1.12 bits per heavy atom. The summed E-state index contributed by atoms with van der Waals surface area (Å²) in [6, 6.07) is 16.2. The van der Waals surface area contributed by atoms with Crippen LogP contribution in [0.1, 0.15) is 41.9 Å². The summed E-state index contributed by atoms with van der Waals surface area (Å²) in [7, 11) is 1.93. The molecule has 162 valence electrons. The van der Waals surface area contributed by atoms with Crippen LogP contribution in [-0.2, 0) is 11.8 Å². The summed E-state index contributed by atoms with van der Waals surface area (Å²) in [6.07, 6.45) is 3.60. The molecule has 1 unspecified atom stereocenters. The van der Waals surface area contributed by atoms with Crippen molar-refractivity contribution in [2.45, 2.75) is 25.8 Å². The molecule has 1 amide bonds. The number of benzene rings is 2. The second-order valence-corrected chi connectivity index (χ2v) is 8.21. The second kappa shape index (κ2) is 7.71. The van der Waals surface area contributed by atoms with Crippen molar-refractivity contribution in [1.29, 1.82) is 0 Å². The van der Waals surface area contributed by atoms with Crippen LogP contribution in [0, 0.1) is 0 Å². The van der Waals surface area contributed by atoms with Crippen LogP contribution in [0.3, 0.4) is 0 Å². The van der Waals surface area contributed by atoms with Crippen molar-refractivity contribution < 1.29 is 19.1 Å². The second-order valence-electron chi connectivity index (χ2n) is 8.21. The molecule has 3 heterocycles. The third-order valence-electron chi connectivity index (χ3n) is 6.17. The molecule has 6 nitrogen and oxygen atoms in total. The third kappa shape index (κ3) is 3.02. The SMILES string of the molecule is CCCCN1C(=O)C(O)=C(C(=O)c2cc3ccccc3o2)C1c1cn(C)c2ccccc12. The number of aromatic nitrogens is 1. The molecule has 0 saturated heterocycles. The minimum atomic E-state index is -0.680. The zero-order chi connectivity index (χ0) is 22.4. The number of fused-ring (bicyclic) bond motifs is 2. The molecular formula is C26H24N2O4. The van der Waals surface area contributed by atoms with E-state index in [1.54, 1.807) is 17.0 Å². The fourth-order valence-electron chi connectivity index (χ4n) is 4.59. The van der Waals surface area contributed by atoms with Crippen LogP contribution in [0.15, 0.2) is 76.5 Å². The highest BCUT2D eigenvalue weighted by atomic mass is 16.3. The highest BCUT2D eigenvalue weighted by Gasteiger charge is 2.45. The maximum absolute atomic E-state index is 13.6. The van der Waals surface area contributed by atoms with Crippen LogP contribution >= 0.6 is 0 Å². The van der Waals surface area contributed by atoms with Gasteiger partial charge in [-0.2, -0.15) is 0 Å². The van der Waals surface area contributed by atoms with Gasteiger partial charge < -0.3 is 19.0 Å². The van der Waals surface area contributed by atoms with E-state index in [0.717, 1.165) is 34.7 Å². The normalized spacial score (nSPS) is 16.6. The lowest BCUT2D eigenvalue weighted by Crippen LogP contribution is -2.32. The van der Waals surface area contributed by atoms with Gasteiger partial charge in [-0.15, -0.1) is 0 Å². The monoisotopic (exact) mass is 428 g/mol. The number of hydrogen-bond acceptors (Lipinski definition) is 4. The highest BCUT2D eigenvalue weighted by molar-refractivity contribution is 6.16. The van der Waals surface area contributed by atoms with Gasteiger partial charge in [0.2, 0.25) is 5.78 Å². The molecule has 0 bridgehead atoms. The molecule has 1 N–H and O–H groups in total. The van der Waals surface area contributed by atoms with Gasteiger partial charge in [-0.05, 0) is 24.6 Å². The van der Waals surface area contributed by atoms with Crippen molar-refractivity contribution in [2.24, 2.45) is 7.05 Å². The average Bonchev–Trinajstić information content (AvgIpc) is 3.45. The first-order valence-electron chi connectivity index (χ1n) is 10.8. The standard InChI is InChI=1S/C26H24N2O4/c1-3-4-13-28-23(18-15-27(2)19-11-7-6-10-17(18)19)22(25(30)26(28)31)24(29)21-14-16-9-5-8-12-20(16)32-21/h5-12,14-15,23,30H,3-4,13H2,1-2H3. The Labute approximate surface area is 185 Å². The smallest absolute Gasteiger partial charge is 0.290 e. The number of rotatable bonds is 6. The molecule has 0 fully saturated rings. The zero-order valence-electron chi connectivity index (χ0n) is 18.0. The van der Waals surface area contributed by atoms with Gasteiger partial charge in [0.05, 0.1) is 11.6 Å². The summed E-state index contributed by atoms with van der Waals surface area (Å²) in [5, 5.41) is 12.6. The van der Waals surface area contributed by atoms with Crippen LogP contribution < -0.4 is 0 Å². The summed E-state index contributed by atoms with van der Waals surface area (Å²) < 4.78 is 7.77. The predicted octanol–water partition coefficient (Wildman–Crippen LogP) is 5.30. The quantitative estimate of drug-likeness (QED) is 0.423. The maximum atomic E-state index is 13.6. The van der Waals surface area contributed by atoms with Gasteiger partial charge in [-0.25, -0.2) is 0 Å². The van der Waals surface area contributed by atoms with Gasteiger partial charge in [0.15, 0.2) is 11.5 Å². The first-order chi connectivity index (χ1) is 15.5. The van der Waals surface area contributed by atoms with Gasteiger partial charge in [0.1, 0.15) is 5.58 Å². The van der Waals surface area contributed by atoms with E-state index in [4.69, 9.17) is 4.42 Å². The molecule has 0 spiro atoms. The Hall–Kier alpha value is -3.80. The molecule has 2 aromatic heterocycles. The van der Waals surface area contributed by atoms with E-state index in [0.29, 0.717) is 12.1 Å². The minimum Gasteiger partial charge on any atom is -0.503 e. The molecule has 0 radical (unpaired) electrons. The van der Waals surface area contributed by atoms with Crippen molar-refractivity contribution in [3.63, 3.8) is 0 Å². The molecule has 1 aliphatic rings. The van der Waals surface area contributed by atoms with Crippen molar-refractivity contribution >= 4 is 33.6 Å². The molecule has 0 saturated carbocycles. The molecular weight excluding hydrogens is 404 g/mol. The van der Waals surface area contributed by atoms with Crippen LogP contribution in [0.5, 0.6) is 0 Å². The van der Waals surface area contributed by atoms with Gasteiger partial charge in [0.25, 0.3) is 5.91 Å². The van der Waals surface area contributed by atoms with E-state index in [1.807, 2.05) is 67.2 Å². The Bertz CT molecular complexity index is 1360. The average molecular weight is 428 g/mol. The topological polar surface area (TPSA) is 75.7 Å². The molecule has 1 atom stereocenters. The molecule has 0 aliphatic carbocycles. The Balaban J connectivity index is 1.67. The van der Waals surface area contributed by atoms with Crippen molar-refractivity contribution in [3.05, 3.63) is 83.5 Å². The van der Waals surface area contributed by atoms with Crippen LogP contribution in [-0.4, -0.2) is 32.8 Å². The van der Waals surface area contributed by atoms with E-state index in [1.165, 1.54) is 0 Å². The Morgan fingerprint density at radius 3 is 2.66 bits per heavy atom. The number of carbonyl (C=O) groups excluding carboxylic acids is 2. The van der Waals surface area contributed by atoms with E-state index >= 15 is 0 Å². The maximum Gasteiger partial charge on any atom is 0.290 e. The number of amides is 1. The van der Waals surface area contributed by atoms with Crippen molar-refractivity contribution in [1.82, 2.24) is 9.47 Å². The number of carbonyl (C=O) groups is 2. The fraction of sp³-hybridized carbons (Fsp3) is 0.231. The lowest BCUT2D eigenvalue weighted by Gasteiger charge is -2.26. The largest absolute Gasteiger partial charge is 0.503 e. The van der Waals surface area contributed by atoms with E-state index < -0.39 is 23.5 Å². The molecule has 32 heavy (non-hydrogen) atoms. The summed E-state index contributed by atoms with van der Waals surface area (Å²) in [6.45, 7) is 2.49. The number of hydrogen-bond donors (Lipinski definition) is 1. The van der Waals surface area contributed by atoms with Gasteiger partial charge >= 0.3 is 0 Å². The number of ketones is 1. The van der Waals surface area contributed by atoms with E-state index in [-0.39, 0.29) is 11.3 Å². The number of furan rings is 1. The van der Waals surface area contributed by atoms with Gasteiger partial charge in [-0.3, -0.25) is 9.59 Å². The summed E-state index contributed by atoms with van der Waals surface area (Å²) >= 11 is 0. The Kier molecular flexibility index (Phi) is 4.85. The Morgan fingerprint density at radius 2 is 1.88 bits per heavy atom. The number of unbranched alkanes of at least 4 members (excludes halogenated alkanes) is 1. The third-order valence-corrected chi connectivity index (χ3v) is 6.17. The number of aliphatic hydroxyl groups is 1. The van der Waals surface area contributed by atoms with Gasteiger partial charge in [0, 0.05) is 41.6 Å². The predicted molar refractivity (Wildman–Crippen MR) is 122 cm³/mol. The summed E-state index contributed by atoms with van der Waals surface area (Å²) in [5.41, 5.74) is 2.47. The molecule has 4 aromatic rings. The van der Waals surface area contributed by atoms with Crippen LogP contribution in [0.25, 0.3) is 21.9 Å². The zero-order valence-corrected chi connectivity index (χ0v) is 18.0. The number of para-hydroxylation sites is 2. The van der Waals surface area contributed by atoms with Gasteiger partial charge in [-0.1, -0.05) is 49.7 Å². The first kappa shape index (κ1) is 20.1. The lowest BCUT2D eigenvalue weighted by atomic mass is 9.94. The van der Waals surface area contributed by atoms with Crippen molar-refractivity contribution in [2.75, 3.05) is 6.54 Å². The highest BCUT2D eigenvalue weighted by Crippen LogP contribution is 2.42. The fourth-order valence-corrected chi connectivity index (χ4v) is 4.59. The number of aliphatic hydroxyl groups excluding tert-OH is 1. The lowest BCUT2D eigenvalue weighted by molar-refractivity contribution is -0.129. The summed E-state index contributed by atoms with van der Waals surface area (Å²) in [4.78, 5) is 28.3. The van der Waals surface area contributed by atoms with E-state index in [9.17, 15) is 14.7 Å². The summed E-state index contributed by atoms with van der Waals surface area (Å²) in [5.74, 6) is -1.37. The minimum absolute atomic E-state index is 0.0708. The van der Waals surface area contributed by atoms with Crippen molar-refractivity contribution in [3.8, 4) is 0 Å². The first-order valence-corrected chi connectivity index (χ1v) is 10.8. The molecule has 1 aliphatic heterocycles. The number of nitrogens with zero attached hydrogens (tertiary/aromatic N) is 2. The van der Waals surface area contributed by atoms with Crippen LogP contribution in [0.4, 0.5) is 0 Å². The van der Waals surface area contributed by atoms with E-state index in [2.05, 4.69) is 0 Å².